The number of nitrogens with one attached hydrogen (secondary N) is 1. The van der Waals surface area contributed by atoms with Gasteiger partial charge in [-0.2, -0.15) is 0 Å². The van der Waals surface area contributed by atoms with Gasteiger partial charge in [0.15, 0.2) is 0 Å². The molecular formula is C6H10BrNO. The molecule has 0 fully saturated rings. The lowest BCUT2D eigenvalue weighted by Gasteiger charge is -2.01. The summed E-state index contributed by atoms with van der Waals surface area (Å²) in [6.45, 7) is 5.77. The summed E-state index contributed by atoms with van der Waals surface area (Å²) in [5.41, 5.74) is 0. The zero-order valence-corrected chi connectivity index (χ0v) is 6.94. The topological polar surface area (TPSA) is 29.1 Å². The fourth-order valence-corrected chi connectivity index (χ4v) is 0.475. The number of alkyl halides is 1. The van der Waals surface area contributed by atoms with Gasteiger partial charge in [-0.15, -0.1) is 6.58 Å². The lowest BCUT2D eigenvalue weighted by molar-refractivity contribution is -0.119. The molecule has 0 aliphatic carbocycles. The Morgan fingerprint density at radius 2 is 2.56 bits per heavy atom. The van der Waals surface area contributed by atoms with Crippen molar-refractivity contribution in [2.45, 2.75) is 11.8 Å². The van der Waals surface area contributed by atoms with E-state index in [1.165, 1.54) is 0 Å². The van der Waals surface area contributed by atoms with Crippen LogP contribution in [0.4, 0.5) is 0 Å². The van der Waals surface area contributed by atoms with Crippen LogP contribution in [0.25, 0.3) is 0 Å². The summed E-state index contributed by atoms with van der Waals surface area (Å²) < 4.78 is 0. The molecule has 0 rings (SSSR count). The van der Waals surface area contributed by atoms with E-state index in [0.29, 0.717) is 6.54 Å². The molecule has 9 heavy (non-hydrogen) atoms. The molecule has 1 atom stereocenters. The van der Waals surface area contributed by atoms with Gasteiger partial charge >= 0.3 is 0 Å². The Morgan fingerprint density at radius 3 is 2.89 bits per heavy atom. The van der Waals surface area contributed by atoms with E-state index in [9.17, 15) is 4.79 Å². The van der Waals surface area contributed by atoms with E-state index in [4.69, 9.17) is 0 Å². The molecule has 0 aliphatic heterocycles. The zero-order valence-electron chi connectivity index (χ0n) is 5.36. The Hall–Kier alpha value is -0.310. The number of carbonyl (C=O) groups is 1. The van der Waals surface area contributed by atoms with Crippen molar-refractivity contribution in [3.8, 4) is 0 Å². The van der Waals surface area contributed by atoms with Crippen LogP contribution in [0.2, 0.25) is 0 Å². The van der Waals surface area contributed by atoms with Crippen molar-refractivity contribution in [1.29, 1.82) is 0 Å². The van der Waals surface area contributed by atoms with E-state index in [1.54, 1.807) is 13.0 Å². The predicted molar refractivity (Wildman–Crippen MR) is 41.6 cm³/mol. The number of rotatable bonds is 3. The van der Waals surface area contributed by atoms with Crippen molar-refractivity contribution in [1.82, 2.24) is 5.32 Å². The van der Waals surface area contributed by atoms with Crippen molar-refractivity contribution in [3.63, 3.8) is 0 Å². The summed E-state index contributed by atoms with van der Waals surface area (Å²) in [5.74, 6) is -0.00472. The molecular weight excluding hydrogens is 182 g/mol. The van der Waals surface area contributed by atoms with Crippen LogP contribution in [-0.2, 0) is 4.79 Å². The average Bonchev–Trinajstić information content (AvgIpc) is 1.82. The molecule has 52 valence electrons. The molecule has 3 heteroatoms. The largest absolute Gasteiger partial charge is 0.352 e. The molecule has 1 amide bonds. The summed E-state index contributed by atoms with van der Waals surface area (Å²) in [6, 6.07) is 0. The third-order valence-corrected chi connectivity index (χ3v) is 1.20. The molecule has 0 aromatic heterocycles. The Morgan fingerprint density at radius 1 is 2.00 bits per heavy atom. The average molecular weight is 192 g/mol. The molecule has 0 radical (unpaired) electrons. The highest BCUT2D eigenvalue weighted by Crippen LogP contribution is 1.94. The molecule has 0 saturated carbocycles. The normalized spacial score (nSPS) is 12.2. The van der Waals surface area contributed by atoms with Gasteiger partial charge in [0.05, 0.1) is 4.83 Å². The van der Waals surface area contributed by atoms with Gasteiger partial charge in [-0.3, -0.25) is 4.79 Å². The smallest absolute Gasteiger partial charge is 0.233 e. The van der Waals surface area contributed by atoms with Crippen LogP contribution in [0.1, 0.15) is 6.92 Å². The number of amides is 1. The van der Waals surface area contributed by atoms with Crippen LogP contribution in [0, 0.1) is 0 Å². The summed E-state index contributed by atoms with van der Waals surface area (Å²) in [5, 5.41) is 2.63. The zero-order chi connectivity index (χ0) is 7.28. The highest BCUT2D eigenvalue weighted by molar-refractivity contribution is 9.10. The molecule has 0 bridgehead atoms. The first kappa shape index (κ1) is 8.69. The van der Waals surface area contributed by atoms with Crippen LogP contribution in [0.15, 0.2) is 12.7 Å². The van der Waals surface area contributed by atoms with Gasteiger partial charge in [0.1, 0.15) is 0 Å². The second-order valence-electron chi connectivity index (χ2n) is 1.65. The number of hydrogen-bond donors (Lipinski definition) is 1. The molecule has 0 unspecified atom stereocenters. The van der Waals surface area contributed by atoms with E-state index in [-0.39, 0.29) is 10.7 Å². The minimum atomic E-state index is -0.113. The predicted octanol–water partition coefficient (Wildman–Crippen LogP) is 1.07. The second-order valence-corrected chi connectivity index (χ2v) is 3.02. The molecule has 2 nitrogen and oxygen atoms in total. The SMILES string of the molecule is C=CCNC(=O)[C@H](C)Br. The van der Waals surface area contributed by atoms with Gasteiger partial charge in [-0.25, -0.2) is 0 Å². The summed E-state index contributed by atoms with van der Waals surface area (Å²) in [4.78, 5) is 10.6. The van der Waals surface area contributed by atoms with E-state index in [2.05, 4.69) is 27.8 Å². The minimum absolute atomic E-state index is 0.00472. The highest BCUT2D eigenvalue weighted by Gasteiger charge is 2.04. The Kier molecular flexibility index (Phi) is 4.40. The van der Waals surface area contributed by atoms with E-state index < -0.39 is 0 Å². The minimum Gasteiger partial charge on any atom is -0.352 e. The van der Waals surface area contributed by atoms with Crippen LogP contribution < -0.4 is 5.32 Å². The van der Waals surface area contributed by atoms with Gasteiger partial charge in [-0.1, -0.05) is 22.0 Å². The van der Waals surface area contributed by atoms with Gasteiger partial charge in [0.2, 0.25) is 5.91 Å². The summed E-state index contributed by atoms with van der Waals surface area (Å²) in [6.07, 6.45) is 1.65. The van der Waals surface area contributed by atoms with E-state index >= 15 is 0 Å². The first-order valence-electron chi connectivity index (χ1n) is 2.71. The van der Waals surface area contributed by atoms with Crippen LogP contribution >= 0.6 is 15.9 Å². The van der Waals surface area contributed by atoms with E-state index in [0.717, 1.165) is 0 Å². The van der Waals surface area contributed by atoms with Crippen molar-refractivity contribution in [2.24, 2.45) is 0 Å². The van der Waals surface area contributed by atoms with Crippen LogP contribution in [0.3, 0.4) is 0 Å². The second kappa shape index (κ2) is 4.56. The van der Waals surface area contributed by atoms with Crippen molar-refractivity contribution >= 4 is 21.8 Å². The standard InChI is InChI=1S/C6H10BrNO/c1-3-4-8-6(9)5(2)7/h3,5H,1,4H2,2H3,(H,8,9)/t5-/m0/s1. The maximum absolute atomic E-state index is 10.7. The summed E-state index contributed by atoms with van der Waals surface area (Å²) >= 11 is 3.12. The van der Waals surface area contributed by atoms with Crippen molar-refractivity contribution in [2.75, 3.05) is 6.54 Å². The fraction of sp³-hybridized carbons (Fsp3) is 0.500. The Labute approximate surface area is 63.5 Å². The quantitative estimate of drug-likeness (QED) is 0.526. The van der Waals surface area contributed by atoms with Crippen molar-refractivity contribution < 1.29 is 4.79 Å². The first-order chi connectivity index (χ1) is 4.18. The lowest BCUT2D eigenvalue weighted by atomic mass is 10.4. The van der Waals surface area contributed by atoms with E-state index in [1.807, 2.05) is 0 Å². The highest BCUT2D eigenvalue weighted by atomic mass is 79.9. The van der Waals surface area contributed by atoms with Gasteiger partial charge in [-0.05, 0) is 6.92 Å². The maximum atomic E-state index is 10.7. The molecule has 0 aromatic carbocycles. The Bertz CT molecular complexity index is 112. The molecule has 0 spiro atoms. The summed E-state index contributed by atoms with van der Waals surface area (Å²) in [7, 11) is 0. The number of hydrogen-bond acceptors (Lipinski definition) is 1. The first-order valence-corrected chi connectivity index (χ1v) is 3.62. The third-order valence-electron chi connectivity index (χ3n) is 0.782. The number of carbonyl (C=O) groups excluding carboxylic acids is 1. The lowest BCUT2D eigenvalue weighted by Crippen LogP contribution is -2.29. The third kappa shape index (κ3) is 4.21. The molecule has 0 aliphatic rings. The monoisotopic (exact) mass is 191 g/mol. The number of halogens is 1. The van der Waals surface area contributed by atoms with Gasteiger partial charge in [0.25, 0.3) is 0 Å². The molecule has 0 heterocycles. The van der Waals surface area contributed by atoms with Gasteiger partial charge < -0.3 is 5.32 Å². The van der Waals surface area contributed by atoms with Gasteiger partial charge in [0, 0.05) is 6.54 Å². The van der Waals surface area contributed by atoms with Crippen molar-refractivity contribution in [3.05, 3.63) is 12.7 Å². The van der Waals surface area contributed by atoms with Crippen LogP contribution in [-0.4, -0.2) is 17.3 Å². The fourth-order valence-electron chi connectivity index (χ4n) is 0.313. The molecule has 1 N–H and O–H groups in total. The van der Waals surface area contributed by atoms with Crippen LogP contribution in [0.5, 0.6) is 0 Å². The molecule has 0 saturated heterocycles. The Balaban J connectivity index is 3.38. The maximum Gasteiger partial charge on any atom is 0.233 e. The molecule has 0 aromatic rings.